The van der Waals surface area contributed by atoms with Gasteiger partial charge in [-0.15, -0.1) is 0 Å². The zero-order chi connectivity index (χ0) is 15.4. The van der Waals surface area contributed by atoms with Crippen LogP contribution in [0.5, 0.6) is 0 Å². The molecule has 21 heavy (non-hydrogen) atoms. The molecule has 1 fully saturated rings. The maximum Gasteiger partial charge on any atom is 0.308 e. The monoisotopic (exact) mass is 294 g/mol. The number of nitrogens with zero attached hydrogens (tertiary/aromatic N) is 1. The molecule has 0 radical (unpaired) electrons. The SMILES string of the molecule is CC1CN(CCC(=O)Nc2ccccc2F)CC1C(=O)O. The smallest absolute Gasteiger partial charge is 0.308 e. The van der Waals surface area contributed by atoms with Crippen molar-refractivity contribution >= 4 is 17.6 Å². The number of para-hydroxylation sites is 1. The average molecular weight is 294 g/mol. The summed E-state index contributed by atoms with van der Waals surface area (Å²) >= 11 is 0. The number of nitrogens with one attached hydrogen (secondary N) is 1. The van der Waals surface area contributed by atoms with Crippen LogP contribution in [0.4, 0.5) is 10.1 Å². The Kier molecular flexibility index (Phi) is 4.90. The van der Waals surface area contributed by atoms with Gasteiger partial charge in [0.15, 0.2) is 0 Å². The maximum absolute atomic E-state index is 13.4. The first kappa shape index (κ1) is 15.4. The molecule has 114 valence electrons. The van der Waals surface area contributed by atoms with Crippen LogP contribution in [-0.2, 0) is 9.59 Å². The highest BCUT2D eigenvalue weighted by Gasteiger charge is 2.34. The van der Waals surface area contributed by atoms with Gasteiger partial charge in [0, 0.05) is 26.1 Å². The van der Waals surface area contributed by atoms with Gasteiger partial charge in [-0.1, -0.05) is 19.1 Å². The van der Waals surface area contributed by atoms with E-state index in [1.165, 1.54) is 12.1 Å². The number of hydrogen-bond donors (Lipinski definition) is 2. The lowest BCUT2D eigenvalue weighted by Crippen LogP contribution is -2.27. The Morgan fingerprint density at radius 1 is 1.38 bits per heavy atom. The summed E-state index contributed by atoms with van der Waals surface area (Å²) in [6, 6.07) is 6.00. The number of carboxylic acid groups (broad SMARTS) is 1. The number of carboxylic acids is 1. The van der Waals surface area contributed by atoms with E-state index in [4.69, 9.17) is 5.11 Å². The van der Waals surface area contributed by atoms with Crippen LogP contribution in [0.1, 0.15) is 13.3 Å². The normalized spacial score (nSPS) is 22.2. The zero-order valence-electron chi connectivity index (χ0n) is 11.9. The fraction of sp³-hybridized carbons (Fsp3) is 0.467. The molecule has 2 rings (SSSR count). The van der Waals surface area contributed by atoms with Crippen molar-refractivity contribution in [3.63, 3.8) is 0 Å². The molecule has 1 aliphatic rings. The zero-order valence-corrected chi connectivity index (χ0v) is 11.9. The molecule has 0 aromatic heterocycles. The quantitative estimate of drug-likeness (QED) is 0.869. The third kappa shape index (κ3) is 4.01. The number of amides is 1. The Balaban J connectivity index is 1.80. The van der Waals surface area contributed by atoms with E-state index in [2.05, 4.69) is 5.32 Å². The molecule has 2 N–H and O–H groups in total. The summed E-state index contributed by atoms with van der Waals surface area (Å²) in [6.45, 7) is 3.51. The van der Waals surface area contributed by atoms with E-state index >= 15 is 0 Å². The van der Waals surface area contributed by atoms with E-state index in [0.29, 0.717) is 19.6 Å². The van der Waals surface area contributed by atoms with E-state index in [1.54, 1.807) is 12.1 Å². The number of rotatable bonds is 5. The van der Waals surface area contributed by atoms with Crippen molar-refractivity contribution in [1.29, 1.82) is 0 Å². The molecule has 1 heterocycles. The van der Waals surface area contributed by atoms with Gasteiger partial charge in [-0.2, -0.15) is 0 Å². The minimum Gasteiger partial charge on any atom is -0.481 e. The third-order valence-corrected chi connectivity index (χ3v) is 3.81. The summed E-state index contributed by atoms with van der Waals surface area (Å²) in [5.74, 6) is -1.82. The van der Waals surface area contributed by atoms with Crippen molar-refractivity contribution in [1.82, 2.24) is 4.90 Å². The standard InChI is InChI=1S/C15H19FN2O3/c1-10-8-18(9-11(10)15(20)21)7-6-14(19)17-13-5-3-2-4-12(13)16/h2-5,10-11H,6-9H2,1H3,(H,17,19)(H,20,21). The number of hydrogen-bond acceptors (Lipinski definition) is 3. The Labute approximate surface area is 122 Å². The van der Waals surface area contributed by atoms with E-state index in [1.807, 2.05) is 11.8 Å². The van der Waals surface area contributed by atoms with E-state index < -0.39 is 11.8 Å². The van der Waals surface area contributed by atoms with Crippen molar-refractivity contribution in [2.45, 2.75) is 13.3 Å². The van der Waals surface area contributed by atoms with Crippen LogP contribution >= 0.6 is 0 Å². The number of likely N-dealkylation sites (tertiary alicyclic amines) is 1. The molecule has 5 nitrogen and oxygen atoms in total. The van der Waals surface area contributed by atoms with Crippen LogP contribution in [0.25, 0.3) is 0 Å². The molecule has 0 aliphatic carbocycles. The van der Waals surface area contributed by atoms with Crippen molar-refractivity contribution < 1.29 is 19.1 Å². The Bertz CT molecular complexity index is 535. The van der Waals surface area contributed by atoms with Crippen LogP contribution < -0.4 is 5.32 Å². The van der Waals surface area contributed by atoms with Crippen molar-refractivity contribution in [3.05, 3.63) is 30.1 Å². The summed E-state index contributed by atoms with van der Waals surface area (Å²) in [7, 11) is 0. The topological polar surface area (TPSA) is 69.6 Å². The number of carbonyl (C=O) groups excluding carboxylic acids is 1. The number of halogens is 1. The van der Waals surface area contributed by atoms with Gasteiger partial charge in [-0.25, -0.2) is 4.39 Å². The van der Waals surface area contributed by atoms with Gasteiger partial charge in [0.2, 0.25) is 5.91 Å². The summed E-state index contributed by atoms with van der Waals surface area (Å²) in [6.07, 6.45) is 0.216. The minimum atomic E-state index is -0.791. The molecular weight excluding hydrogens is 275 g/mol. The van der Waals surface area contributed by atoms with Gasteiger partial charge in [-0.05, 0) is 18.1 Å². The average Bonchev–Trinajstić information content (AvgIpc) is 2.80. The first-order valence-electron chi connectivity index (χ1n) is 6.97. The van der Waals surface area contributed by atoms with Crippen LogP contribution in [0, 0.1) is 17.7 Å². The number of carbonyl (C=O) groups is 2. The largest absolute Gasteiger partial charge is 0.481 e. The molecule has 1 aromatic rings. The second kappa shape index (κ2) is 6.67. The minimum absolute atomic E-state index is 0.0807. The van der Waals surface area contributed by atoms with Gasteiger partial charge in [0.05, 0.1) is 11.6 Å². The summed E-state index contributed by atoms with van der Waals surface area (Å²) < 4.78 is 13.4. The fourth-order valence-corrected chi connectivity index (χ4v) is 2.61. The molecule has 2 atom stereocenters. The lowest BCUT2D eigenvalue weighted by Gasteiger charge is -2.14. The van der Waals surface area contributed by atoms with Crippen molar-refractivity contribution in [2.75, 3.05) is 25.0 Å². The lowest BCUT2D eigenvalue weighted by molar-refractivity contribution is -0.142. The summed E-state index contributed by atoms with van der Waals surface area (Å²) in [5, 5.41) is 11.6. The van der Waals surface area contributed by atoms with Gasteiger partial charge in [-0.3, -0.25) is 9.59 Å². The van der Waals surface area contributed by atoms with Gasteiger partial charge in [0.25, 0.3) is 0 Å². The van der Waals surface area contributed by atoms with Crippen molar-refractivity contribution in [2.24, 2.45) is 11.8 Å². The number of aliphatic carboxylic acids is 1. The summed E-state index contributed by atoms with van der Waals surface area (Å²) in [5.41, 5.74) is 0.167. The van der Waals surface area contributed by atoms with E-state index in [-0.39, 0.29) is 29.9 Å². The van der Waals surface area contributed by atoms with Crippen LogP contribution in [-0.4, -0.2) is 41.5 Å². The van der Waals surface area contributed by atoms with E-state index in [9.17, 15) is 14.0 Å². The Hall–Kier alpha value is -1.95. The summed E-state index contributed by atoms with van der Waals surface area (Å²) in [4.78, 5) is 24.8. The van der Waals surface area contributed by atoms with Crippen LogP contribution in [0.2, 0.25) is 0 Å². The molecule has 0 spiro atoms. The predicted octanol–water partition coefficient (Wildman–Crippen LogP) is 1.81. The lowest BCUT2D eigenvalue weighted by atomic mass is 9.99. The van der Waals surface area contributed by atoms with Gasteiger partial charge in [0.1, 0.15) is 5.82 Å². The first-order chi connectivity index (χ1) is 9.97. The predicted molar refractivity (Wildman–Crippen MR) is 76.4 cm³/mol. The second-order valence-electron chi connectivity index (χ2n) is 5.46. The first-order valence-corrected chi connectivity index (χ1v) is 6.97. The molecule has 1 amide bonds. The van der Waals surface area contributed by atoms with Crippen molar-refractivity contribution in [3.8, 4) is 0 Å². The van der Waals surface area contributed by atoms with Gasteiger partial charge < -0.3 is 15.3 Å². The van der Waals surface area contributed by atoms with Gasteiger partial charge >= 0.3 is 5.97 Å². The molecular formula is C15H19FN2O3. The van der Waals surface area contributed by atoms with Crippen LogP contribution in [0.3, 0.4) is 0 Å². The third-order valence-electron chi connectivity index (χ3n) is 3.81. The second-order valence-corrected chi connectivity index (χ2v) is 5.46. The van der Waals surface area contributed by atoms with E-state index in [0.717, 1.165) is 0 Å². The van der Waals surface area contributed by atoms with Crippen LogP contribution in [0.15, 0.2) is 24.3 Å². The highest BCUT2D eigenvalue weighted by molar-refractivity contribution is 5.90. The maximum atomic E-state index is 13.4. The fourth-order valence-electron chi connectivity index (χ4n) is 2.61. The molecule has 1 aromatic carbocycles. The molecule has 0 bridgehead atoms. The Morgan fingerprint density at radius 3 is 2.71 bits per heavy atom. The Morgan fingerprint density at radius 2 is 2.10 bits per heavy atom. The highest BCUT2D eigenvalue weighted by atomic mass is 19.1. The molecule has 2 unspecified atom stereocenters. The molecule has 0 saturated carbocycles. The number of anilines is 1. The highest BCUT2D eigenvalue weighted by Crippen LogP contribution is 2.23. The molecule has 1 saturated heterocycles. The number of benzene rings is 1. The molecule has 6 heteroatoms. The molecule has 1 aliphatic heterocycles.